The fourth-order valence-electron chi connectivity index (χ4n) is 1.94. The van der Waals surface area contributed by atoms with Gasteiger partial charge in [0.25, 0.3) is 0 Å². The summed E-state index contributed by atoms with van der Waals surface area (Å²) in [5.41, 5.74) is 5.34. The number of thioether (sulfide) groups is 1. The molecule has 1 aromatic rings. The average molecular weight is 630 g/mol. The topological polar surface area (TPSA) is 187 Å². The molecule has 0 unspecified atom stereocenters. The number of alkyl halides is 9. The Kier molecular flexibility index (Phi) is 15.9. The SMILES string of the molecule is NC(=NCC(F)(F)F)Nc1ccnc(SCCCNC(=NCC(F)(F)F)NCC(F)(F)F)n1.O=C(O)/C=C\C(=O)O. The van der Waals surface area contributed by atoms with Crippen molar-refractivity contribution < 1.29 is 59.3 Å². The number of nitrogens with zero attached hydrogens (tertiary/aromatic N) is 4. The number of aliphatic carboxylic acids is 2. The van der Waals surface area contributed by atoms with Gasteiger partial charge in [-0.2, -0.15) is 39.5 Å². The van der Waals surface area contributed by atoms with Crippen molar-refractivity contribution in [1.82, 2.24) is 20.6 Å². The predicted octanol–water partition coefficient (Wildman–Crippen LogP) is 2.62. The highest BCUT2D eigenvalue weighted by atomic mass is 32.2. The summed E-state index contributed by atoms with van der Waals surface area (Å²) in [5, 5.41) is 22.3. The quantitative estimate of drug-likeness (QED) is 0.0401. The Morgan fingerprint density at radius 1 is 0.927 bits per heavy atom. The molecule has 0 aromatic carbocycles. The van der Waals surface area contributed by atoms with Crippen molar-refractivity contribution in [1.29, 1.82) is 0 Å². The lowest BCUT2D eigenvalue weighted by atomic mass is 10.5. The van der Waals surface area contributed by atoms with Crippen LogP contribution in [0.15, 0.2) is 39.6 Å². The highest BCUT2D eigenvalue weighted by molar-refractivity contribution is 7.99. The molecule has 22 heteroatoms. The van der Waals surface area contributed by atoms with Crippen molar-refractivity contribution in [2.24, 2.45) is 15.7 Å². The smallest absolute Gasteiger partial charge is 0.408 e. The maximum atomic E-state index is 12.3. The first-order chi connectivity index (χ1) is 18.8. The fraction of sp³-hybridized carbons (Fsp3) is 0.474. The van der Waals surface area contributed by atoms with Crippen LogP contribution in [0, 0.1) is 0 Å². The number of halogens is 9. The number of anilines is 1. The second-order valence-corrected chi connectivity index (χ2v) is 8.12. The second-order valence-electron chi connectivity index (χ2n) is 7.05. The zero-order valence-corrected chi connectivity index (χ0v) is 21.3. The number of guanidine groups is 2. The lowest BCUT2D eigenvalue weighted by Crippen LogP contribution is -2.43. The molecule has 1 aromatic heterocycles. The summed E-state index contributed by atoms with van der Waals surface area (Å²) in [6.45, 7) is -4.70. The number of nitrogens with one attached hydrogen (secondary N) is 3. The zero-order valence-electron chi connectivity index (χ0n) is 20.4. The summed E-state index contributed by atoms with van der Waals surface area (Å²) < 4.78 is 110. The van der Waals surface area contributed by atoms with E-state index < -0.39 is 62.0 Å². The number of aromatic nitrogens is 2. The van der Waals surface area contributed by atoms with Crippen LogP contribution in [0.5, 0.6) is 0 Å². The van der Waals surface area contributed by atoms with Crippen LogP contribution >= 0.6 is 11.8 Å². The summed E-state index contributed by atoms with van der Waals surface area (Å²) in [5.74, 6) is -3.29. The predicted molar refractivity (Wildman–Crippen MR) is 128 cm³/mol. The van der Waals surface area contributed by atoms with Gasteiger partial charge in [0.15, 0.2) is 17.1 Å². The Labute approximate surface area is 229 Å². The highest BCUT2D eigenvalue weighted by Gasteiger charge is 2.29. The molecule has 0 radical (unpaired) electrons. The molecule has 0 aliphatic heterocycles. The van der Waals surface area contributed by atoms with E-state index in [1.54, 1.807) is 5.32 Å². The van der Waals surface area contributed by atoms with Crippen molar-refractivity contribution >= 4 is 41.4 Å². The third-order valence-corrected chi connectivity index (χ3v) is 4.35. The van der Waals surface area contributed by atoms with Crippen molar-refractivity contribution in [3.63, 3.8) is 0 Å². The minimum Gasteiger partial charge on any atom is -0.478 e. The molecule has 0 amide bonds. The molecule has 1 heterocycles. The van der Waals surface area contributed by atoms with Crippen LogP contribution < -0.4 is 21.7 Å². The molecule has 0 bridgehead atoms. The van der Waals surface area contributed by atoms with Gasteiger partial charge in [0, 0.05) is 30.6 Å². The normalized spacial score (nSPS) is 12.9. The Hall–Kier alpha value is -3.98. The fourth-order valence-corrected chi connectivity index (χ4v) is 2.71. The lowest BCUT2D eigenvalue weighted by molar-refractivity contribution is -0.134. The van der Waals surface area contributed by atoms with Gasteiger partial charge in [0.1, 0.15) is 25.5 Å². The summed E-state index contributed by atoms with van der Waals surface area (Å²) in [4.78, 5) is 33.2. The van der Waals surface area contributed by atoms with Gasteiger partial charge in [0.2, 0.25) is 0 Å². The van der Waals surface area contributed by atoms with Crippen LogP contribution in [-0.2, 0) is 9.59 Å². The van der Waals surface area contributed by atoms with E-state index in [1.807, 2.05) is 0 Å². The van der Waals surface area contributed by atoms with Gasteiger partial charge in [-0.3, -0.25) is 0 Å². The molecule has 0 atom stereocenters. The van der Waals surface area contributed by atoms with Gasteiger partial charge in [-0.1, -0.05) is 11.8 Å². The first-order valence-electron chi connectivity index (χ1n) is 10.6. The van der Waals surface area contributed by atoms with E-state index in [0.717, 1.165) is 11.8 Å². The molecule has 0 spiro atoms. The minimum absolute atomic E-state index is 0.0104. The molecule has 0 fully saturated rings. The van der Waals surface area contributed by atoms with E-state index >= 15 is 0 Å². The van der Waals surface area contributed by atoms with Crippen LogP contribution in [-0.4, -0.2) is 94.5 Å². The molecule has 1 rings (SSSR count). The number of carbonyl (C=O) groups is 2. The van der Waals surface area contributed by atoms with Crippen molar-refractivity contribution in [3.05, 3.63) is 24.4 Å². The molecule has 0 aliphatic carbocycles. The first-order valence-corrected chi connectivity index (χ1v) is 11.6. The Morgan fingerprint density at radius 2 is 1.49 bits per heavy atom. The molecule has 0 saturated carbocycles. The molecule has 0 saturated heterocycles. The first kappa shape index (κ1) is 37.0. The molecular weight excluding hydrogens is 607 g/mol. The standard InChI is InChI=1S/C15H19F9N8S.C4H4O4/c16-13(17,18)6-28-10(25)31-9-2-4-27-12(32-9)33-5-1-3-26-11(29-7-14(19,20)21)30-8-15(22,23)24;5-3(6)1-2-4(7)8/h2,4H,1,3,5-8H2,(H2,26,29,30)(H3,25,27,28,31,32);1-2H,(H,5,6)(H,7,8)/b;2-1-. The Balaban J connectivity index is 0.00000173. The third kappa shape index (κ3) is 24.8. The minimum atomic E-state index is -4.68. The molecule has 12 nitrogen and oxygen atoms in total. The van der Waals surface area contributed by atoms with Crippen LogP contribution in [0.3, 0.4) is 0 Å². The Bertz CT molecular complexity index is 1050. The van der Waals surface area contributed by atoms with E-state index in [4.69, 9.17) is 15.9 Å². The van der Waals surface area contributed by atoms with Gasteiger partial charge in [-0.05, 0) is 12.5 Å². The molecule has 7 N–H and O–H groups in total. The number of aliphatic imine (C=N–C) groups is 2. The van der Waals surface area contributed by atoms with Gasteiger partial charge in [-0.15, -0.1) is 0 Å². The maximum absolute atomic E-state index is 12.3. The van der Waals surface area contributed by atoms with Crippen molar-refractivity contribution in [2.75, 3.05) is 37.2 Å². The number of carboxylic acids is 2. The maximum Gasteiger partial charge on any atom is 0.408 e. The van der Waals surface area contributed by atoms with Crippen LogP contribution in [0.1, 0.15) is 6.42 Å². The van der Waals surface area contributed by atoms with Crippen molar-refractivity contribution in [3.8, 4) is 0 Å². The molecule has 232 valence electrons. The number of carboxylic acid groups (broad SMARTS) is 2. The zero-order chi connectivity index (χ0) is 31.7. The second kappa shape index (κ2) is 17.7. The van der Waals surface area contributed by atoms with Crippen LogP contribution in [0.25, 0.3) is 0 Å². The van der Waals surface area contributed by atoms with Crippen molar-refractivity contribution in [2.45, 2.75) is 30.1 Å². The summed E-state index contributed by atoms with van der Waals surface area (Å²) in [6.07, 6.45) is -11.2. The summed E-state index contributed by atoms with van der Waals surface area (Å²) in [6, 6.07) is 1.33. The van der Waals surface area contributed by atoms with Gasteiger partial charge in [0.05, 0.1) is 0 Å². The van der Waals surface area contributed by atoms with E-state index in [-0.39, 0.29) is 23.9 Å². The van der Waals surface area contributed by atoms with Gasteiger partial charge >= 0.3 is 30.5 Å². The summed E-state index contributed by atoms with van der Waals surface area (Å²) >= 11 is 1.08. The molecule has 0 aliphatic rings. The van der Waals surface area contributed by atoms with E-state index in [9.17, 15) is 49.1 Å². The number of hydrogen-bond donors (Lipinski definition) is 6. The monoisotopic (exact) mass is 630 g/mol. The third-order valence-electron chi connectivity index (χ3n) is 3.40. The summed E-state index contributed by atoms with van der Waals surface area (Å²) in [7, 11) is 0. The number of hydrogen-bond acceptors (Lipinski definition) is 7. The lowest BCUT2D eigenvalue weighted by Gasteiger charge is -2.14. The molecular formula is C19H23F9N8O4S. The van der Waals surface area contributed by atoms with E-state index in [0.29, 0.717) is 17.9 Å². The van der Waals surface area contributed by atoms with E-state index in [1.165, 1.54) is 12.3 Å². The van der Waals surface area contributed by atoms with Gasteiger partial charge in [-0.25, -0.2) is 29.5 Å². The van der Waals surface area contributed by atoms with Crippen LogP contribution in [0.2, 0.25) is 0 Å². The Morgan fingerprint density at radius 3 is 2.00 bits per heavy atom. The number of nitrogens with two attached hydrogens (primary N) is 1. The largest absolute Gasteiger partial charge is 0.478 e. The molecule has 41 heavy (non-hydrogen) atoms. The van der Waals surface area contributed by atoms with Crippen LogP contribution in [0.4, 0.5) is 45.3 Å². The highest BCUT2D eigenvalue weighted by Crippen LogP contribution is 2.17. The van der Waals surface area contributed by atoms with E-state index in [2.05, 4.69) is 30.6 Å². The average Bonchev–Trinajstić information content (AvgIpc) is 2.81. The number of rotatable bonds is 11. The van der Waals surface area contributed by atoms with Gasteiger partial charge < -0.3 is 31.9 Å².